The fourth-order valence-electron chi connectivity index (χ4n) is 2.20. The van der Waals surface area contributed by atoms with Crippen molar-refractivity contribution in [3.8, 4) is 0 Å². The minimum Gasteiger partial charge on any atom is -0.317 e. The lowest BCUT2D eigenvalue weighted by molar-refractivity contribution is 0.215. The molecule has 1 aliphatic rings. The Kier molecular flexibility index (Phi) is 6.12. The molecule has 0 atom stereocenters. The Balaban J connectivity index is 2.38. The first-order valence-electron chi connectivity index (χ1n) is 6.11. The molecule has 1 saturated heterocycles. The molecule has 90 valence electrons. The maximum atomic E-state index is 3.80. The third-order valence-electron chi connectivity index (χ3n) is 3.18. The molecule has 0 aromatic carbocycles. The standard InChI is InChI=1S/C14H24N2/c1-4-6-13(7-5-2)12-16-10-8-14(15-3)9-11-16/h4-6,14-15H,1-2,7-12H2,3H3/b13-6+. The van der Waals surface area contributed by atoms with Gasteiger partial charge >= 0.3 is 0 Å². The Morgan fingerprint density at radius 2 is 2.06 bits per heavy atom. The number of hydrogen-bond donors (Lipinski definition) is 1. The molecule has 0 bridgehead atoms. The second-order valence-electron chi connectivity index (χ2n) is 4.39. The highest BCUT2D eigenvalue weighted by atomic mass is 15.1. The van der Waals surface area contributed by atoms with Crippen LogP contribution in [-0.2, 0) is 0 Å². The molecular formula is C14H24N2. The Hall–Kier alpha value is -0.860. The third-order valence-corrected chi connectivity index (χ3v) is 3.18. The van der Waals surface area contributed by atoms with Gasteiger partial charge < -0.3 is 5.32 Å². The van der Waals surface area contributed by atoms with E-state index >= 15 is 0 Å². The van der Waals surface area contributed by atoms with Crippen molar-refractivity contribution in [2.24, 2.45) is 0 Å². The number of rotatable bonds is 6. The van der Waals surface area contributed by atoms with Gasteiger partial charge in [0.05, 0.1) is 0 Å². The molecule has 1 aliphatic heterocycles. The van der Waals surface area contributed by atoms with Crippen LogP contribution in [0.3, 0.4) is 0 Å². The van der Waals surface area contributed by atoms with Gasteiger partial charge in [0, 0.05) is 12.6 Å². The van der Waals surface area contributed by atoms with Gasteiger partial charge in [0.2, 0.25) is 0 Å². The lowest BCUT2D eigenvalue weighted by atomic mass is 10.0. The average Bonchev–Trinajstić information content (AvgIpc) is 2.31. The second-order valence-corrected chi connectivity index (χ2v) is 4.39. The van der Waals surface area contributed by atoms with Crippen LogP contribution in [0, 0.1) is 0 Å². The molecule has 1 N–H and O–H groups in total. The van der Waals surface area contributed by atoms with Crippen molar-refractivity contribution in [3.63, 3.8) is 0 Å². The van der Waals surface area contributed by atoms with Crippen LogP contribution in [0.25, 0.3) is 0 Å². The van der Waals surface area contributed by atoms with E-state index in [1.165, 1.54) is 31.5 Å². The molecule has 0 radical (unpaired) electrons. The summed E-state index contributed by atoms with van der Waals surface area (Å²) in [5.74, 6) is 0. The summed E-state index contributed by atoms with van der Waals surface area (Å²) < 4.78 is 0. The Bertz CT molecular complexity index is 247. The highest BCUT2D eigenvalue weighted by molar-refractivity contribution is 5.15. The number of nitrogens with one attached hydrogen (secondary N) is 1. The van der Waals surface area contributed by atoms with E-state index in [9.17, 15) is 0 Å². The molecule has 1 heterocycles. The lowest BCUT2D eigenvalue weighted by Gasteiger charge is -2.32. The van der Waals surface area contributed by atoms with Crippen LogP contribution in [0.4, 0.5) is 0 Å². The molecule has 1 rings (SSSR count). The first kappa shape index (κ1) is 13.2. The molecule has 16 heavy (non-hydrogen) atoms. The predicted octanol–water partition coefficient (Wildman–Crippen LogP) is 2.36. The summed E-state index contributed by atoms with van der Waals surface area (Å²) in [6.07, 6.45) is 9.44. The number of likely N-dealkylation sites (tertiary alicyclic amines) is 1. The Labute approximate surface area is 99.7 Å². The van der Waals surface area contributed by atoms with Crippen LogP contribution in [0.5, 0.6) is 0 Å². The lowest BCUT2D eigenvalue weighted by Crippen LogP contribution is -2.41. The van der Waals surface area contributed by atoms with Gasteiger partial charge in [-0.15, -0.1) is 6.58 Å². The Morgan fingerprint density at radius 3 is 2.56 bits per heavy atom. The van der Waals surface area contributed by atoms with Crippen molar-refractivity contribution < 1.29 is 0 Å². The fourth-order valence-corrected chi connectivity index (χ4v) is 2.20. The predicted molar refractivity (Wildman–Crippen MR) is 71.6 cm³/mol. The van der Waals surface area contributed by atoms with Gasteiger partial charge in [-0.3, -0.25) is 4.90 Å². The average molecular weight is 220 g/mol. The van der Waals surface area contributed by atoms with Crippen molar-refractivity contribution in [2.45, 2.75) is 25.3 Å². The van der Waals surface area contributed by atoms with Gasteiger partial charge in [0.1, 0.15) is 0 Å². The van der Waals surface area contributed by atoms with E-state index < -0.39 is 0 Å². The van der Waals surface area contributed by atoms with Gasteiger partial charge in [-0.1, -0.05) is 30.4 Å². The number of allylic oxidation sites excluding steroid dienone is 3. The van der Waals surface area contributed by atoms with Gasteiger partial charge in [0.15, 0.2) is 0 Å². The van der Waals surface area contributed by atoms with Crippen molar-refractivity contribution >= 4 is 0 Å². The van der Waals surface area contributed by atoms with Crippen LogP contribution in [0.2, 0.25) is 0 Å². The summed E-state index contributed by atoms with van der Waals surface area (Å²) >= 11 is 0. The van der Waals surface area contributed by atoms with E-state index in [2.05, 4.69) is 36.5 Å². The fraction of sp³-hybridized carbons (Fsp3) is 0.571. The molecule has 0 aromatic rings. The van der Waals surface area contributed by atoms with E-state index in [4.69, 9.17) is 0 Å². The zero-order valence-electron chi connectivity index (χ0n) is 10.4. The monoisotopic (exact) mass is 220 g/mol. The molecule has 1 fully saturated rings. The van der Waals surface area contributed by atoms with Crippen LogP contribution in [0.1, 0.15) is 19.3 Å². The molecular weight excluding hydrogens is 196 g/mol. The molecule has 0 amide bonds. The molecule has 0 spiro atoms. The second kappa shape index (κ2) is 7.42. The summed E-state index contributed by atoms with van der Waals surface area (Å²) in [5.41, 5.74) is 1.41. The molecule has 0 saturated carbocycles. The van der Waals surface area contributed by atoms with Crippen LogP contribution in [-0.4, -0.2) is 37.6 Å². The Morgan fingerprint density at radius 1 is 1.38 bits per heavy atom. The maximum absolute atomic E-state index is 3.80. The van der Waals surface area contributed by atoms with Crippen LogP contribution < -0.4 is 5.32 Å². The SMILES string of the molecule is C=C/C=C(\CC=C)CN1CCC(NC)CC1. The van der Waals surface area contributed by atoms with E-state index in [1.54, 1.807) is 0 Å². The molecule has 2 nitrogen and oxygen atoms in total. The zero-order valence-corrected chi connectivity index (χ0v) is 10.4. The van der Waals surface area contributed by atoms with Crippen molar-refractivity contribution in [3.05, 3.63) is 37.0 Å². The highest BCUT2D eigenvalue weighted by Crippen LogP contribution is 2.13. The van der Waals surface area contributed by atoms with Crippen molar-refractivity contribution in [1.29, 1.82) is 0 Å². The van der Waals surface area contributed by atoms with Crippen LogP contribution >= 0.6 is 0 Å². The summed E-state index contributed by atoms with van der Waals surface area (Å²) in [5, 5.41) is 3.35. The number of nitrogens with zero attached hydrogens (tertiary/aromatic N) is 1. The minimum atomic E-state index is 0.711. The quantitative estimate of drug-likeness (QED) is 0.546. The van der Waals surface area contributed by atoms with Gasteiger partial charge in [-0.2, -0.15) is 0 Å². The number of piperidine rings is 1. The topological polar surface area (TPSA) is 15.3 Å². The van der Waals surface area contributed by atoms with Crippen molar-refractivity contribution in [2.75, 3.05) is 26.7 Å². The van der Waals surface area contributed by atoms with Gasteiger partial charge in [-0.05, 0) is 39.4 Å². The molecule has 0 aliphatic carbocycles. The summed E-state index contributed by atoms with van der Waals surface area (Å²) in [6, 6.07) is 0.711. The molecule has 2 heteroatoms. The number of hydrogen-bond acceptors (Lipinski definition) is 2. The highest BCUT2D eigenvalue weighted by Gasteiger charge is 2.17. The van der Waals surface area contributed by atoms with E-state index in [0.29, 0.717) is 6.04 Å². The summed E-state index contributed by atoms with van der Waals surface area (Å²) in [6.45, 7) is 11.0. The van der Waals surface area contributed by atoms with Gasteiger partial charge in [0.25, 0.3) is 0 Å². The first-order chi connectivity index (χ1) is 7.80. The van der Waals surface area contributed by atoms with Gasteiger partial charge in [-0.25, -0.2) is 0 Å². The smallest absolute Gasteiger partial charge is 0.0199 e. The third kappa shape index (κ3) is 4.33. The molecule has 0 unspecified atom stereocenters. The molecule has 0 aromatic heterocycles. The maximum Gasteiger partial charge on any atom is 0.0199 e. The normalized spacial score (nSPS) is 19.7. The first-order valence-corrected chi connectivity index (χ1v) is 6.11. The van der Waals surface area contributed by atoms with E-state index in [-0.39, 0.29) is 0 Å². The zero-order chi connectivity index (χ0) is 11.8. The van der Waals surface area contributed by atoms with E-state index in [0.717, 1.165) is 13.0 Å². The van der Waals surface area contributed by atoms with E-state index in [1.807, 2.05) is 12.2 Å². The van der Waals surface area contributed by atoms with Crippen LogP contribution in [0.15, 0.2) is 37.0 Å². The summed E-state index contributed by atoms with van der Waals surface area (Å²) in [7, 11) is 2.06. The summed E-state index contributed by atoms with van der Waals surface area (Å²) in [4.78, 5) is 2.52. The largest absolute Gasteiger partial charge is 0.317 e. The van der Waals surface area contributed by atoms with Crippen molar-refractivity contribution in [1.82, 2.24) is 10.2 Å². The minimum absolute atomic E-state index is 0.711.